The van der Waals surface area contributed by atoms with Gasteiger partial charge in [0.15, 0.2) is 0 Å². The largest absolute Gasteiger partial charge is 0.480 e. The summed E-state index contributed by atoms with van der Waals surface area (Å²) in [5, 5.41) is 10.1. The van der Waals surface area contributed by atoms with Crippen molar-refractivity contribution in [2.75, 3.05) is 27.3 Å². The van der Waals surface area contributed by atoms with Crippen molar-refractivity contribution in [3.05, 3.63) is 70.2 Å². The highest BCUT2D eigenvalue weighted by atomic mass is 35.5. The van der Waals surface area contributed by atoms with Gasteiger partial charge in [-0.25, -0.2) is 9.97 Å². The van der Waals surface area contributed by atoms with Gasteiger partial charge in [-0.15, -0.1) is 0 Å². The number of ether oxygens (including phenoxy) is 2. The minimum absolute atomic E-state index is 0.0487. The molecule has 250 valence electrons. The van der Waals surface area contributed by atoms with Gasteiger partial charge < -0.3 is 25.4 Å². The number of rotatable bonds is 13. The highest BCUT2D eigenvalue weighted by Gasteiger charge is 2.24. The van der Waals surface area contributed by atoms with Crippen LogP contribution >= 0.6 is 23.2 Å². The molecule has 13 heteroatoms. The lowest BCUT2D eigenvalue weighted by molar-refractivity contribution is -0.122. The second-order valence-corrected chi connectivity index (χ2v) is 12.6. The third kappa shape index (κ3) is 7.38. The fourth-order valence-electron chi connectivity index (χ4n) is 6.16. The van der Waals surface area contributed by atoms with Crippen molar-refractivity contribution in [1.29, 1.82) is 0 Å². The minimum atomic E-state index is -0.0487. The second kappa shape index (κ2) is 15.3. The van der Waals surface area contributed by atoms with Crippen molar-refractivity contribution in [2.24, 2.45) is 5.92 Å². The molecule has 6 rings (SSSR count). The van der Waals surface area contributed by atoms with Crippen LogP contribution in [-0.2, 0) is 22.6 Å². The highest BCUT2D eigenvalue weighted by molar-refractivity contribution is 6.39. The monoisotopic (exact) mass is 689 g/mol. The van der Waals surface area contributed by atoms with Gasteiger partial charge in [0.25, 0.3) is 0 Å². The summed E-state index contributed by atoms with van der Waals surface area (Å²) in [6, 6.07) is 11.6. The summed E-state index contributed by atoms with van der Waals surface area (Å²) >= 11 is 14.1. The van der Waals surface area contributed by atoms with E-state index in [1.54, 1.807) is 26.6 Å². The quantitative estimate of drug-likeness (QED) is 0.168. The first kappa shape index (κ1) is 33.6. The highest BCUT2D eigenvalue weighted by Crippen LogP contribution is 2.42. The Morgan fingerprint density at radius 3 is 2.02 bits per heavy atom. The van der Waals surface area contributed by atoms with Crippen LogP contribution in [0.3, 0.4) is 0 Å². The molecule has 2 atom stereocenters. The van der Waals surface area contributed by atoms with E-state index in [9.17, 15) is 9.59 Å². The summed E-state index contributed by atoms with van der Waals surface area (Å²) in [5.74, 6) is 0.959. The van der Waals surface area contributed by atoms with E-state index in [1.165, 1.54) is 0 Å². The van der Waals surface area contributed by atoms with Gasteiger partial charge in [-0.1, -0.05) is 59.6 Å². The Labute approximate surface area is 289 Å². The van der Waals surface area contributed by atoms with Gasteiger partial charge in [0.2, 0.25) is 23.6 Å². The molecular formula is C35H37Cl2N7O4. The van der Waals surface area contributed by atoms with E-state index >= 15 is 0 Å². The third-order valence-electron chi connectivity index (χ3n) is 8.75. The fourth-order valence-corrected chi connectivity index (χ4v) is 6.81. The van der Waals surface area contributed by atoms with E-state index in [0.29, 0.717) is 82.5 Å². The molecule has 0 aliphatic carbocycles. The topological polar surface area (TPSA) is 140 Å². The number of hydrogen-bond acceptors (Lipinski definition) is 9. The predicted molar refractivity (Wildman–Crippen MR) is 184 cm³/mol. The molecule has 2 aromatic heterocycles. The number of aromatic nitrogens is 4. The molecule has 48 heavy (non-hydrogen) atoms. The van der Waals surface area contributed by atoms with E-state index in [1.807, 2.05) is 36.4 Å². The maximum atomic E-state index is 11.9. The van der Waals surface area contributed by atoms with Gasteiger partial charge in [-0.2, -0.15) is 0 Å². The van der Waals surface area contributed by atoms with E-state index in [0.717, 1.165) is 42.5 Å². The van der Waals surface area contributed by atoms with E-state index < -0.39 is 0 Å². The number of nitrogens with zero attached hydrogens (tertiary/aromatic N) is 4. The van der Waals surface area contributed by atoms with E-state index in [2.05, 4.69) is 25.9 Å². The van der Waals surface area contributed by atoms with Crippen LogP contribution in [0.2, 0.25) is 10.0 Å². The first-order valence-electron chi connectivity index (χ1n) is 16.0. The van der Waals surface area contributed by atoms with E-state index in [-0.39, 0.29) is 23.8 Å². The summed E-state index contributed by atoms with van der Waals surface area (Å²) in [6.07, 6.45) is 8.07. The standard InChI is InChI=1S/C35H37Cl2N7O4/c1-47-34-26(11-3-6-21-12-13-30(45)42-21)40-18-27(43-34)24-9-4-7-22(31(24)36)23-8-5-10-25(32(23)37)28-19-41-29(35(44-28)48-2)17-38-16-20-14-15-39-33(20)46/h4-5,7-10,18-21,38H,3,6,11-17H2,1-2H3,(H,39,46)(H,42,45)/t20?,21-/m1/s1. The second-order valence-electron chi connectivity index (χ2n) is 11.9. The zero-order valence-electron chi connectivity index (χ0n) is 26.8. The van der Waals surface area contributed by atoms with Crippen LogP contribution in [0.4, 0.5) is 0 Å². The van der Waals surface area contributed by atoms with Crippen molar-refractivity contribution in [1.82, 2.24) is 35.9 Å². The third-order valence-corrected chi connectivity index (χ3v) is 9.56. The van der Waals surface area contributed by atoms with Crippen LogP contribution in [0.5, 0.6) is 11.8 Å². The molecule has 0 saturated carbocycles. The van der Waals surface area contributed by atoms with E-state index in [4.69, 9.17) is 42.6 Å². The van der Waals surface area contributed by atoms with Crippen molar-refractivity contribution in [2.45, 2.75) is 51.1 Å². The molecule has 0 spiro atoms. The van der Waals surface area contributed by atoms with Crippen LogP contribution in [0.1, 0.15) is 43.5 Å². The molecule has 2 aromatic carbocycles. The van der Waals surface area contributed by atoms with Crippen molar-refractivity contribution in [3.63, 3.8) is 0 Å². The summed E-state index contributed by atoms with van der Waals surface area (Å²) < 4.78 is 11.2. The van der Waals surface area contributed by atoms with Gasteiger partial charge in [-0.05, 0) is 32.1 Å². The Morgan fingerprint density at radius 2 is 1.46 bits per heavy atom. The maximum Gasteiger partial charge on any atom is 0.237 e. The molecule has 0 bridgehead atoms. The van der Waals surface area contributed by atoms with Gasteiger partial charge in [0.05, 0.1) is 54.0 Å². The Balaban J connectivity index is 1.21. The first-order chi connectivity index (χ1) is 23.4. The normalized spacial score (nSPS) is 17.3. The van der Waals surface area contributed by atoms with Gasteiger partial charge in [-0.3, -0.25) is 19.6 Å². The SMILES string of the molecule is COc1nc(-c2cccc(-c3cccc(-c4cnc(CNCC5CCNC5=O)c(OC)n4)c3Cl)c2Cl)cnc1CCC[C@@H]1CCC(=O)N1. The molecular weight excluding hydrogens is 653 g/mol. The molecule has 4 aromatic rings. The first-order valence-corrected chi connectivity index (χ1v) is 16.8. The molecule has 4 heterocycles. The zero-order chi connectivity index (χ0) is 33.6. The van der Waals surface area contributed by atoms with Gasteiger partial charge >= 0.3 is 0 Å². The number of amides is 2. The smallest absolute Gasteiger partial charge is 0.237 e. The van der Waals surface area contributed by atoms with Crippen LogP contribution in [0, 0.1) is 5.92 Å². The van der Waals surface area contributed by atoms with Gasteiger partial charge in [0, 0.05) is 54.4 Å². The summed E-state index contributed by atoms with van der Waals surface area (Å²) in [4.78, 5) is 42.1. The Morgan fingerprint density at radius 1 is 0.854 bits per heavy atom. The summed E-state index contributed by atoms with van der Waals surface area (Å²) in [7, 11) is 3.13. The number of carbonyl (C=O) groups is 2. The molecule has 11 nitrogen and oxygen atoms in total. The van der Waals surface area contributed by atoms with Crippen molar-refractivity contribution < 1.29 is 19.1 Å². The van der Waals surface area contributed by atoms with Crippen LogP contribution in [0.25, 0.3) is 33.6 Å². The summed E-state index contributed by atoms with van der Waals surface area (Å²) in [6.45, 7) is 1.67. The zero-order valence-corrected chi connectivity index (χ0v) is 28.3. The minimum Gasteiger partial charge on any atom is -0.480 e. The predicted octanol–water partition coefficient (Wildman–Crippen LogP) is 5.42. The Kier molecular flexibility index (Phi) is 10.7. The molecule has 2 fully saturated rings. The maximum absolute atomic E-state index is 11.9. The molecule has 2 saturated heterocycles. The lowest BCUT2D eigenvalue weighted by Gasteiger charge is -2.15. The average Bonchev–Trinajstić information content (AvgIpc) is 3.72. The molecule has 1 unspecified atom stereocenters. The molecule has 3 N–H and O–H groups in total. The Hall–Kier alpha value is -4.32. The lowest BCUT2D eigenvalue weighted by Crippen LogP contribution is -2.29. The Bertz CT molecular complexity index is 1820. The number of benzene rings is 2. The summed E-state index contributed by atoms with van der Waals surface area (Å²) in [5.41, 5.74) is 5.32. The number of halogens is 2. The van der Waals surface area contributed by atoms with Crippen LogP contribution in [-0.4, -0.2) is 65.1 Å². The molecule has 0 radical (unpaired) electrons. The average molecular weight is 691 g/mol. The molecule has 2 aliphatic heterocycles. The number of carbonyl (C=O) groups excluding carboxylic acids is 2. The molecule has 2 aliphatic rings. The van der Waals surface area contributed by atoms with Crippen molar-refractivity contribution in [3.8, 4) is 45.4 Å². The fraction of sp³-hybridized carbons (Fsp3) is 0.371. The number of aryl methyl sites for hydroxylation is 1. The van der Waals surface area contributed by atoms with Crippen LogP contribution < -0.4 is 25.4 Å². The van der Waals surface area contributed by atoms with Gasteiger partial charge in [0.1, 0.15) is 11.4 Å². The molecule has 2 amide bonds. The van der Waals surface area contributed by atoms with Crippen molar-refractivity contribution >= 4 is 35.0 Å². The number of nitrogens with one attached hydrogen (secondary N) is 3. The van der Waals surface area contributed by atoms with Crippen LogP contribution in [0.15, 0.2) is 48.8 Å². The number of methoxy groups -OCH3 is 2. The lowest BCUT2D eigenvalue weighted by atomic mass is 9.98. The number of hydrogen-bond donors (Lipinski definition) is 3.